The first-order valence-electron chi connectivity index (χ1n) is 7.87. The topological polar surface area (TPSA) is 113 Å². The van der Waals surface area contributed by atoms with Gasteiger partial charge in [-0.2, -0.15) is 0 Å². The maximum absolute atomic E-state index is 12.3. The minimum Gasteiger partial charge on any atom is -0.465 e. The molecule has 0 unspecified atom stereocenters. The summed E-state index contributed by atoms with van der Waals surface area (Å²) in [6.07, 6.45) is 3.55. The fourth-order valence-electron chi connectivity index (χ4n) is 2.57. The van der Waals surface area contributed by atoms with Crippen molar-refractivity contribution in [2.75, 3.05) is 7.11 Å². The Bertz CT molecular complexity index is 1060. The van der Waals surface area contributed by atoms with Gasteiger partial charge in [-0.05, 0) is 24.6 Å². The van der Waals surface area contributed by atoms with Crippen molar-refractivity contribution in [3.05, 3.63) is 75.2 Å². The van der Waals surface area contributed by atoms with E-state index in [1.807, 2.05) is 25.3 Å². The van der Waals surface area contributed by atoms with Crippen LogP contribution in [0.4, 0.5) is 5.69 Å². The van der Waals surface area contributed by atoms with Gasteiger partial charge in [-0.1, -0.05) is 6.07 Å². The number of pyridine rings is 1. The zero-order valence-electron chi connectivity index (χ0n) is 14.5. The standard InChI is InChI=1S/C18H15N3O6/c1-11-4-3-5-20-9-14(19-16(11)20)10-27-18(23)13-6-12(17(22)26-2)7-15(8-13)21(24)25/h3-9H,10H2,1-2H3. The number of non-ortho nitro benzene ring substituents is 1. The molecule has 0 amide bonds. The molecule has 0 saturated heterocycles. The predicted octanol–water partition coefficient (Wildman–Crippen LogP) is 2.69. The van der Waals surface area contributed by atoms with Crippen LogP contribution >= 0.6 is 0 Å². The van der Waals surface area contributed by atoms with E-state index in [4.69, 9.17) is 4.74 Å². The van der Waals surface area contributed by atoms with E-state index in [-0.39, 0.29) is 17.7 Å². The summed E-state index contributed by atoms with van der Waals surface area (Å²) in [6.45, 7) is 1.80. The van der Waals surface area contributed by atoms with Crippen LogP contribution in [0.1, 0.15) is 32.0 Å². The monoisotopic (exact) mass is 369 g/mol. The summed E-state index contributed by atoms with van der Waals surface area (Å²) in [5.41, 5.74) is 1.60. The minimum absolute atomic E-state index is 0.109. The van der Waals surface area contributed by atoms with Gasteiger partial charge in [0.05, 0.1) is 28.9 Å². The molecule has 2 aromatic heterocycles. The normalized spacial score (nSPS) is 10.6. The highest BCUT2D eigenvalue weighted by atomic mass is 16.6. The Hall–Kier alpha value is -3.75. The highest BCUT2D eigenvalue weighted by molar-refractivity contribution is 5.96. The summed E-state index contributed by atoms with van der Waals surface area (Å²) < 4.78 is 11.6. The molecule has 3 aromatic rings. The average molecular weight is 369 g/mol. The van der Waals surface area contributed by atoms with Gasteiger partial charge < -0.3 is 13.9 Å². The number of aromatic nitrogens is 2. The van der Waals surface area contributed by atoms with Gasteiger partial charge in [0.25, 0.3) is 5.69 Å². The molecule has 0 aliphatic heterocycles. The quantitative estimate of drug-likeness (QED) is 0.386. The smallest absolute Gasteiger partial charge is 0.338 e. The second-order valence-corrected chi connectivity index (χ2v) is 5.75. The maximum atomic E-state index is 12.3. The van der Waals surface area contributed by atoms with Crippen LogP contribution in [-0.4, -0.2) is 33.4 Å². The number of nitro benzene ring substituents is 1. The van der Waals surface area contributed by atoms with Gasteiger partial charge in [0.15, 0.2) is 0 Å². The molecule has 138 valence electrons. The third-order valence-corrected chi connectivity index (χ3v) is 3.86. The Labute approximate surface area is 153 Å². The zero-order valence-corrected chi connectivity index (χ0v) is 14.5. The lowest BCUT2D eigenvalue weighted by Gasteiger charge is -2.05. The summed E-state index contributed by atoms with van der Waals surface area (Å²) in [6, 6.07) is 7.05. The number of carbonyl (C=O) groups is 2. The Morgan fingerprint density at radius 2 is 1.93 bits per heavy atom. The van der Waals surface area contributed by atoms with Crippen LogP contribution in [0.3, 0.4) is 0 Å². The number of methoxy groups -OCH3 is 1. The second-order valence-electron chi connectivity index (χ2n) is 5.75. The van der Waals surface area contributed by atoms with Crippen LogP contribution in [0.2, 0.25) is 0 Å². The van der Waals surface area contributed by atoms with Crippen molar-refractivity contribution in [3.63, 3.8) is 0 Å². The first kappa shape index (κ1) is 18.1. The maximum Gasteiger partial charge on any atom is 0.338 e. The molecule has 9 heteroatoms. The number of esters is 2. The number of benzene rings is 1. The molecule has 2 heterocycles. The molecule has 0 spiro atoms. The number of carbonyl (C=O) groups excluding carboxylic acids is 2. The first-order valence-corrected chi connectivity index (χ1v) is 7.87. The van der Waals surface area contributed by atoms with E-state index in [1.54, 1.807) is 10.6 Å². The van der Waals surface area contributed by atoms with E-state index in [2.05, 4.69) is 9.72 Å². The Kier molecular flexibility index (Phi) is 4.84. The summed E-state index contributed by atoms with van der Waals surface area (Å²) in [5, 5.41) is 11.0. The van der Waals surface area contributed by atoms with Crippen molar-refractivity contribution < 1.29 is 24.0 Å². The van der Waals surface area contributed by atoms with Crippen molar-refractivity contribution in [2.24, 2.45) is 0 Å². The number of nitro groups is 1. The summed E-state index contributed by atoms with van der Waals surface area (Å²) in [5.74, 6) is -1.60. The van der Waals surface area contributed by atoms with Gasteiger partial charge in [-0.15, -0.1) is 0 Å². The van der Waals surface area contributed by atoms with Gasteiger partial charge >= 0.3 is 11.9 Å². The number of nitrogens with zero attached hydrogens (tertiary/aromatic N) is 3. The molecule has 0 saturated carbocycles. The molecular formula is C18H15N3O6. The number of aryl methyl sites for hydroxylation is 1. The van der Waals surface area contributed by atoms with E-state index in [9.17, 15) is 19.7 Å². The second kappa shape index (κ2) is 7.24. The number of rotatable bonds is 5. The van der Waals surface area contributed by atoms with E-state index in [1.165, 1.54) is 6.07 Å². The Morgan fingerprint density at radius 3 is 2.56 bits per heavy atom. The van der Waals surface area contributed by atoms with Crippen molar-refractivity contribution in [2.45, 2.75) is 13.5 Å². The van der Waals surface area contributed by atoms with Crippen molar-refractivity contribution in [1.29, 1.82) is 0 Å². The third-order valence-electron chi connectivity index (χ3n) is 3.86. The van der Waals surface area contributed by atoms with Crippen LogP contribution in [-0.2, 0) is 16.1 Å². The molecule has 3 rings (SSSR count). The Balaban J connectivity index is 1.82. The third kappa shape index (κ3) is 3.76. The summed E-state index contributed by atoms with van der Waals surface area (Å²) >= 11 is 0. The molecule has 27 heavy (non-hydrogen) atoms. The molecule has 0 N–H and O–H groups in total. The fraction of sp³-hybridized carbons (Fsp3) is 0.167. The van der Waals surface area contributed by atoms with Crippen LogP contribution in [0.25, 0.3) is 5.65 Å². The number of fused-ring (bicyclic) bond motifs is 1. The summed E-state index contributed by atoms with van der Waals surface area (Å²) in [7, 11) is 1.14. The highest BCUT2D eigenvalue weighted by Crippen LogP contribution is 2.19. The fourth-order valence-corrected chi connectivity index (χ4v) is 2.57. The molecular weight excluding hydrogens is 354 g/mol. The van der Waals surface area contributed by atoms with Crippen molar-refractivity contribution in [3.8, 4) is 0 Å². The average Bonchev–Trinajstić information content (AvgIpc) is 3.09. The van der Waals surface area contributed by atoms with Crippen LogP contribution < -0.4 is 0 Å². The molecule has 0 bridgehead atoms. The van der Waals surface area contributed by atoms with E-state index in [0.29, 0.717) is 5.69 Å². The highest BCUT2D eigenvalue weighted by Gasteiger charge is 2.19. The predicted molar refractivity (Wildman–Crippen MR) is 93.5 cm³/mol. The van der Waals surface area contributed by atoms with Gasteiger partial charge in [0.2, 0.25) is 0 Å². The number of imidazole rings is 1. The lowest BCUT2D eigenvalue weighted by atomic mass is 10.1. The van der Waals surface area contributed by atoms with Gasteiger partial charge in [-0.3, -0.25) is 10.1 Å². The molecule has 0 atom stereocenters. The first-order chi connectivity index (χ1) is 12.9. The van der Waals surface area contributed by atoms with E-state index >= 15 is 0 Å². The van der Waals surface area contributed by atoms with Gasteiger partial charge in [0, 0.05) is 24.5 Å². The molecule has 0 fully saturated rings. The molecule has 1 aromatic carbocycles. The molecule has 9 nitrogen and oxygen atoms in total. The van der Waals surface area contributed by atoms with Crippen molar-refractivity contribution >= 4 is 23.3 Å². The SMILES string of the molecule is COC(=O)c1cc(C(=O)OCc2cn3cccc(C)c3n2)cc([N+](=O)[O-])c1. The number of hydrogen-bond acceptors (Lipinski definition) is 7. The minimum atomic E-state index is -0.808. The summed E-state index contributed by atoms with van der Waals surface area (Å²) in [4.78, 5) is 38.7. The largest absolute Gasteiger partial charge is 0.465 e. The van der Waals surface area contributed by atoms with E-state index in [0.717, 1.165) is 30.5 Å². The van der Waals surface area contributed by atoms with Crippen LogP contribution in [0.15, 0.2) is 42.7 Å². The molecule has 0 aliphatic carbocycles. The van der Waals surface area contributed by atoms with Crippen LogP contribution in [0, 0.1) is 17.0 Å². The molecule has 0 aliphatic rings. The number of hydrogen-bond donors (Lipinski definition) is 0. The van der Waals surface area contributed by atoms with Crippen molar-refractivity contribution in [1.82, 2.24) is 9.38 Å². The van der Waals surface area contributed by atoms with E-state index < -0.39 is 22.5 Å². The van der Waals surface area contributed by atoms with Gasteiger partial charge in [-0.25, -0.2) is 14.6 Å². The zero-order chi connectivity index (χ0) is 19.6. The molecule has 0 radical (unpaired) electrons. The lowest BCUT2D eigenvalue weighted by Crippen LogP contribution is -2.09. The van der Waals surface area contributed by atoms with Gasteiger partial charge in [0.1, 0.15) is 12.3 Å². The lowest BCUT2D eigenvalue weighted by molar-refractivity contribution is -0.384. The number of ether oxygens (including phenoxy) is 2. The Morgan fingerprint density at radius 1 is 1.22 bits per heavy atom. The van der Waals surface area contributed by atoms with Crippen LogP contribution in [0.5, 0.6) is 0 Å².